The van der Waals surface area contributed by atoms with Gasteiger partial charge in [0, 0.05) is 73.7 Å². The van der Waals surface area contributed by atoms with Gasteiger partial charge in [0.1, 0.15) is 5.75 Å². The van der Waals surface area contributed by atoms with Gasteiger partial charge in [0.15, 0.2) is 0 Å². The monoisotopic (exact) mass is 449 g/mol. The van der Waals surface area contributed by atoms with Crippen LogP contribution in [0.15, 0.2) is 60.4 Å². The predicted molar refractivity (Wildman–Crippen MR) is 133 cm³/mol. The summed E-state index contributed by atoms with van der Waals surface area (Å²) < 4.78 is 0. The highest BCUT2D eigenvalue weighted by Crippen LogP contribution is 2.34. The number of likely N-dealkylation sites (tertiary alicyclic amines) is 1. The molecule has 33 heavy (non-hydrogen) atoms. The lowest BCUT2D eigenvalue weighted by molar-refractivity contribution is 0.0773. The molecule has 0 unspecified atom stereocenters. The number of phenolic OH excluding ortho intramolecular Hbond substituents is 1. The van der Waals surface area contributed by atoms with E-state index in [9.17, 15) is 9.90 Å². The van der Waals surface area contributed by atoms with Gasteiger partial charge in [0.2, 0.25) is 0 Å². The quantitative estimate of drug-likeness (QED) is 0.573. The van der Waals surface area contributed by atoms with Crippen molar-refractivity contribution in [3.05, 3.63) is 66.0 Å². The van der Waals surface area contributed by atoms with Gasteiger partial charge in [-0.3, -0.25) is 9.69 Å². The molecule has 0 aliphatic carbocycles. The molecule has 3 N–H and O–H groups in total. The van der Waals surface area contributed by atoms with Crippen molar-refractivity contribution < 1.29 is 9.90 Å². The van der Waals surface area contributed by atoms with Crippen LogP contribution in [0.4, 0.5) is 11.4 Å². The molecule has 0 aromatic heterocycles. The van der Waals surface area contributed by atoms with Gasteiger partial charge in [-0.15, -0.1) is 0 Å². The van der Waals surface area contributed by atoms with Crippen LogP contribution in [-0.4, -0.2) is 66.2 Å². The number of nitrogens with one attached hydrogen (secondary N) is 2. The number of piperidine rings is 1. The van der Waals surface area contributed by atoms with Crippen LogP contribution >= 0.6 is 0 Å². The van der Waals surface area contributed by atoms with Crippen molar-refractivity contribution >= 4 is 17.3 Å². The average molecular weight is 450 g/mol. The van der Waals surface area contributed by atoms with Crippen LogP contribution in [0, 0.1) is 0 Å². The van der Waals surface area contributed by atoms with Crippen molar-refractivity contribution in [3.63, 3.8) is 0 Å². The van der Waals surface area contributed by atoms with E-state index in [1.54, 1.807) is 6.07 Å². The third-order valence-electron chi connectivity index (χ3n) is 6.56. The van der Waals surface area contributed by atoms with Gasteiger partial charge < -0.3 is 25.5 Å². The second-order valence-electron chi connectivity index (χ2n) is 8.65. The predicted octanol–water partition coefficient (Wildman–Crippen LogP) is 3.47. The first-order valence-electron chi connectivity index (χ1n) is 11.9. The molecule has 1 saturated heterocycles. The second kappa shape index (κ2) is 10.6. The SMILES string of the molecule is CCN(CC)C(=O)c1ccc(N(c2cccc(O)c2)C2CCN(CC3=CNCN3)CC2)cc1. The summed E-state index contributed by atoms with van der Waals surface area (Å²) in [5.41, 5.74) is 3.96. The van der Waals surface area contributed by atoms with Crippen LogP contribution in [0.2, 0.25) is 0 Å². The number of nitrogens with zero attached hydrogens (tertiary/aromatic N) is 3. The minimum Gasteiger partial charge on any atom is -0.508 e. The lowest BCUT2D eigenvalue weighted by Crippen LogP contribution is -2.44. The average Bonchev–Trinajstić information content (AvgIpc) is 3.35. The number of hydrogen-bond acceptors (Lipinski definition) is 6. The van der Waals surface area contributed by atoms with E-state index in [4.69, 9.17) is 0 Å². The lowest BCUT2D eigenvalue weighted by Gasteiger charge is -2.40. The van der Waals surface area contributed by atoms with Crippen LogP contribution in [0.3, 0.4) is 0 Å². The maximum absolute atomic E-state index is 12.7. The van der Waals surface area contributed by atoms with Crippen LogP contribution in [0.5, 0.6) is 5.75 Å². The second-order valence-corrected chi connectivity index (χ2v) is 8.65. The molecule has 2 aromatic carbocycles. The van der Waals surface area contributed by atoms with Crippen molar-refractivity contribution in [3.8, 4) is 5.75 Å². The summed E-state index contributed by atoms with van der Waals surface area (Å²) in [6.07, 6.45) is 4.11. The molecule has 2 aromatic rings. The third kappa shape index (κ3) is 5.42. The Morgan fingerprint density at radius 3 is 2.39 bits per heavy atom. The Hall–Kier alpha value is -3.19. The molecule has 2 aliphatic heterocycles. The zero-order valence-corrected chi connectivity index (χ0v) is 19.6. The fourth-order valence-electron chi connectivity index (χ4n) is 4.74. The first kappa shape index (κ1) is 23.0. The van der Waals surface area contributed by atoms with E-state index in [1.165, 1.54) is 5.70 Å². The summed E-state index contributed by atoms with van der Waals surface area (Å²) in [5, 5.41) is 16.7. The van der Waals surface area contributed by atoms with Gasteiger partial charge in [0.05, 0.1) is 6.67 Å². The summed E-state index contributed by atoms with van der Waals surface area (Å²) in [7, 11) is 0. The van der Waals surface area contributed by atoms with Gasteiger partial charge in [0.25, 0.3) is 5.91 Å². The molecule has 176 valence electrons. The molecule has 0 spiro atoms. The maximum atomic E-state index is 12.7. The highest BCUT2D eigenvalue weighted by Gasteiger charge is 2.27. The van der Waals surface area contributed by atoms with Gasteiger partial charge in [-0.2, -0.15) is 0 Å². The zero-order chi connectivity index (χ0) is 23.2. The number of aromatic hydroxyl groups is 1. The molecule has 1 fully saturated rings. The molecular weight excluding hydrogens is 414 g/mol. The van der Waals surface area contributed by atoms with E-state index >= 15 is 0 Å². The Morgan fingerprint density at radius 1 is 1.06 bits per heavy atom. The molecule has 0 saturated carbocycles. The minimum atomic E-state index is 0.0630. The molecule has 1 amide bonds. The van der Waals surface area contributed by atoms with Crippen molar-refractivity contribution in [1.29, 1.82) is 0 Å². The number of carbonyl (C=O) groups is 1. The highest BCUT2D eigenvalue weighted by atomic mass is 16.3. The van der Waals surface area contributed by atoms with Crippen molar-refractivity contribution in [1.82, 2.24) is 20.4 Å². The van der Waals surface area contributed by atoms with E-state index in [0.717, 1.165) is 50.5 Å². The molecule has 0 atom stereocenters. The summed E-state index contributed by atoms with van der Waals surface area (Å²) >= 11 is 0. The summed E-state index contributed by atoms with van der Waals surface area (Å²) in [4.78, 5) is 19.4. The van der Waals surface area contributed by atoms with E-state index in [0.29, 0.717) is 24.7 Å². The number of rotatable bonds is 8. The van der Waals surface area contributed by atoms with Gasteiger partial charge in [-0.05, 0) is 63.1 Å². The van der Waals surface area contributed by atoms with Crippen molar-refractivity contribution in [2.75, 3.05) is 44.3 Å². The number of amides is 1. The Labute approximate surface area is 196 Å². The first-order valence-corrected chi connectivity index (χ1v) is 11.9. The first-order chi connectivity index (χ1) is 16.1. The summed E-state index contributed by atoms with van der Waals surface area (Å²) in [6.45, 7) is 9.18. The van der Waals surface area contributed by atoms with Crippen molar-refractivity contribution in [2.45, 2.75) is 32.7 Å². The molecule has 7 nitrogen and oxygen atoms in total. The van der Waals surface area contributed by atoms with Gasteiger partial charge >= 0.3 is 0 Å². The standard InChI is InChI=1S/C26H35N5O2/c1-3-30(4-2)26(33)20-8-10-22(11-9-20)31(24-6-5-7-25(32)16-24)23-12-14-29(15-13-23)18-21-17-27-19-28-21/h5-11,16-17,23,27-28,32H,3-4,12-15,18-19H2,1-2H3. The molecule has 7 heteroatoms. The van der Waals surface area contributed by atoms with Gasteiger partial charge in [-0.1, -0.05) is 6.07 Å². The van der Waals surface area contributed by atoms with Crippen LogP contribution in [0.25, 0.3) is 0 Å². The number of benzene rings is 2. The number of carbonyl (C=O) groups excluding carboxylic acids is 1. The normalized spacial score (nSPS) is 16.6. The fraction of sp³-hybridized carbons (Fsp3) is 0.423. The van der Waals surface area contributed by atoms with Gasteiger partial charge in [-0.25, -0.2) is 0 Å². The smallest absolute Gasteiger partial charge is 0.253 e. The molecule has 2 heterocycles. The summed E-state index contributed by atoms with van der Waals surface area (Å²) in [5.74, 6) is 0.322. The molecule has 0 radical (unpaired) electrons. The number of hydrogen-bond donors (Lipinski definition) is 3. The molecule has 4 rings (SSSR count). The van der Waals surface area contributed by atoms with Crippen molar-refractivity contribution in [2.24, 2.45) is 0 Å². The lowest BCUT2D eigenvalue weighted by atomic mass is 10.0. The topological polar surface area (TPSA) is 71.1 Å². The van der Waals surface area contributed by atoms with E-state index in [2.05, 4.69) is 26.6 Å². The Kier molecular flexibility index (Phi) is 7.40. The third-order valence-corrected chi connectivity index (χ3v) is 6.56. The fourth-order valence-corrected chi connectivity index (χ4v) is 4.74. The molecule has 2 aliphatic rings. The van der Waals surface area contributed by atoms with E-state index < -0.39 is 0 Å². The molecule has 0 bridgehead atoms. The van der Waals surface area contributed by atoms with E-state index in [1.807, 2.05) is 61.2 Å². The Morgan fingerprint density at radius 2 is 1.79 bits per heavy atom. The Balaban J connectivity index is 1.53. The van der Waals surface area contributed by atoms with Crippen LogP contribution < -0.4 is 15.5 Å². The largest absolute Gasteiger partial charge is 0.508 e. The zero-order valence-electron chi connectivity index (χ0n) is 19.6. The number of phenols is 1. The van der Waals surface area contributed by atoms with Crippen LogP contribution in [-0.2, 0) is 0 Å². The summed E-state index contributed by atoms with van der Waals surface area (Å²) in [6, 6.07) is 15.7. The number of anilines is 2. The molecular formula is C26H35N5O2. The minimum absolute atomic E-state index is 0.0630. The van der Waals surface area contributed by atoms with E-state index in [-0.39, 0.29) is 11.7 Å². The Bertz CT molecular complexity index is 963. The van der Waals surface area contributed by atoms with Crippen LogP contribution in [0.1, 0.15) is 37.0 Å². The maximum Gasteiger partial charge on any atom is 0.253 e. The highest BCUT2D eigenvalue weighted by molar-refractivity contribution is 5.94.